The van der Waals surface area contributed by atoms with E-state index in [1.807, 2.05) is 11.8 Å². The number of benzene rings is 1. The second-order valence-corrected chi connectivity index (χ2v) is 9.06. The molecule has 1 unspecified atom stereocenters. The van der Waals surface area contributed by atoms with Crippen molar-refractivity contribution in [2.24, 2.45) is 0 Å². The predicted molar refractivity (Wildman–Crippen MR) is 118 cm³/mol. The summed E-state index contributed by atoms with van der Waals surface area (Å²) in [5.41, 5.74) is 1.42. The van der Waals surface area contributed by atoms with Gasteiger partial charge in [0.15, 0.2) is 0 Å². The molecule has 2 aliphatic heterocycles. The van der Waals surface area contributed by atoms with Crippen molar-refractivity contribution in [2.45, 2.75) is 58.1 Å². The van der Waals surface area contributed by atoms with E-state index in [1.165, 1.54) is 19.2 Å². The van der Waals surface area contributed by atoms with Crippen molar-refractivity contribution in [1.29, 1.82) is 0 Å². The Labute approximate surface area is 187 Å². The molecule has 0 aliphatic carbocycles. The summed E-state index contributed by atoms with van der Waals surface area (Å²) in [6.07, 6.45) is 1.96. The smallest absolute Gasteiger partial charge is 0.254 e. The van der Waals surface area contributed by atoms with Crippen LogP contribution in [0.1, 0.15) is 55.3 Å². The van der Waals surface area contributed by atoms with Crippen LogP contribution >= 0.6 is 0 Å². The number of piperidine rings is 1. The molecule has 1 aromatic carbocycles. The minimum Gasteiger partial charge on any atom is -0.369 e. The summed E-state index contributed by atoms with van der Waals surface area (Å²) < 4.78 is 19.0. The molecule has 0 bridgehead atoms. The first-order valence-corrected chi connectivity index (χ1v) is 11.0. The van der Waals surface area contributed by atoms with Crippen molar-refractivity contribution in [3.05, 3.63) is 52.7 Å². The number of rotatable bonds is 5. The van der Waals surface area contributed by atoms with Crippen LogP contribution in [0, 0.1) is 12.7 Å². The molecule has 2 amide bonds. The molecule has 3 heterocycles. The number of halogens is 1. The van der Waals surface area contributed by atoms with Crippen LogP contribution in [0.3, 0.4) is 0 Å². The van der Waals surface area contributed by atoms with Gasteiger partial charge in [0.1, 0.15) is 23.1 Å². The van der Waals surface area contributed by atoms with Crippen molar-refractivity contribution >= 4 is 17.6 Å². The van der Waals surface area contributed by atoms with Crippen LogP contribution in [-0.2, 0) is 27.3 Å². The minimum atomic E-state index is -0.884. The number of aromatic nitrogens is 2. The molecule has 4 rings (SSSR count). The van der Waals surface area contributed by atoms with E-state index in [2.05, 4.69) is 0 Å². The van der Waals surface area contributed by atoms with Crippen LogP contribution in [0.25, 0.3) is 0 Å². The molecule has 7 nitrogen and oxygen atoms in total. The number of aryl methyl sites for hydroxylation is 1. The van der Waals surface area contributed by atoms with Crippen molar-refractivity contribution in [3.8, 4) is 0 Å². The van der Waals surface area contributed by atoms with E-state index in [4.69, 9.17) is 14.7 Å². The van der Waals surface area contributed by atoms with Crippen molar-refractivity contribution in [1.82, 2.24) is 14.9 Å². The topological polar surface area (TPSA) is 75.6 Å². The number of carbonyl (C=O) groups is 2. The second-order valence-electron chi connectivity index (χ2n) is 9.06. The zero-order valence-electron chi connectivity index (χ0n) is 19.0. The third kappa shape index (κ3) is 4.24. The lowest BCUT2D eigenvalue weighted by Gasteiger charge is -2.36. The summed E-state index contributed by atoms with van der Waals surface area (Å²) in [6, 6.07) is 6.25. The zero-order valence-corrected chi connectivity index (χ0v) is 19.0. The van der Waals surface area contributed by atoms with Gasteiger partial charge in [-0.05, 0) is 51.3 Å². The molecule has 0 N–H and O–H groups in total. The number of likely N-dealkylation sites (tertiary alicyclic amines) is 1. The normalized spacial score (nSPS) is 18.8. The van der Waals surface area contributed by atoms with Gasteiger partial charge in [-0.15, -0.1) is 0 Å². The van der Waals surface area contributed by atoms with Gasteiger partial charge in [0.05, 0.1) is 13.0 Å². The van der Waals surface area contributed by atoms with Crippen molar-refractivity contribution < 1.29 is 18.7 Å². The van der Waals surface area contributed by atoms with E-state index >= 15 is 0 Å². The molecule has 2 aliphatic rings. The van der Waals surface area contributed by atoms with E-state index in [9.17, 15) is 14.0 Å². The number of amides is 2. The van der Waals surface area contributed by atoms with Gasteiger partial charge in [-0.1, -0.05) is 12.1 Å². The summed E-state index contributed by atoms with van der Waals surface area (Å²) in [5.74, 6) is 0.776. The van der Waals surface area contributed by atoms with Crippen LogP contribution < -0.4 is 4.90 Å². The molecule has 0 saturated carbocycles. The number of hydrogen-bond donors (Lipinski definition) is 0. The molecule has 32 heavy (non-hydrogen) atoms. The molecule has 0 radical (unpaired) electrons. The molecular weight excluding hydrogens is 411 g/mol. The number of hydrogen-bond acceptors (Lipinski definition) is 5. The highest BCUT2D eigenvalue weighted by atomic mass is 19.1. The molecule has 1 atom stereocenters. The molecule has 1 aromatic heterocycles. The molecule has 170 valence electrons. The number of methoxy groups -OCH3 is 1. The monoisotopic (exact) mass is 440 g/mol. The van der Waals surface area contributed by atoms with Crippen LogP contribution in [0.5, 0.6) is 0 Å². The zero-order chi connectivity index (χ0) is 23.0. The second kappa shape index (κ2) is 8.58. The number of carbonyl (C=O) groups excluding carboxylic acids is 2. The van der Waals surface area contributed by atoms with Gasteiger partial charge >= 0.3 is 0 Å². The molecule has 8 heteroatoms. The Hall–Kier alpha value is -2.87. The third-order valence-electron chi connectivity index (χ3n) is 6.42. The fraction of sp³-hybridized carbons (Fsp3) is 0.500. The van der Waals surface area contributed by atoms with Gasteiger partial charge in [0.2, 0.25) is 5.91 Å². The predicted octanol–water partition coefficient (Wildman–Crippen LogP) is 3.14. The summed E-state index contributed by atoms with van der Waals surface area (Å²) >= 11 is 0. The van der Waals surface area contributed by atoms with Gasteiger partial charge in [0.25, 0.3) is 5.91 Å². The van der Waals surface area contributed by atoms with Gasteiger partial charge in [-0.3, -0.25) is 14.5 Å². The number of nitrogens with zero attached hydrogens (tertiary/aromatic N) is 4. The summed E-state index contributed by atoms with van der Waals surface area (Å²) in [7, 11) is 1.54. The average Bonchev–Trinajstić information content (AvgIpc) is 3.09. The molecule has 1 saturated heterocycles. The quantitative estimate of drug-likeness (QED) is 0.714. The van der Waals surface area contributed by atoms with E-state index in [0.29, 0.717) is 30.3 Å². The lowest BCUT2D eigenvalue weighted by molar-refractivity contribution is -0.152. The van der Waals surface area contributed by atoms with Gasteiger partial charge < -0.3 is 9.64 Å². The highest BCUT2D eigenvalue weighted by Gasteiger charge is 2.37. The van der Waals surface area contributed by atoms with Crippen molar-refractivity contribution in [3.63, 3.8) is 0 Å². The molecular formula is C24H29FN4O3. The Morgan fingerprint density at radius 3 is 2.81 bits per heavy atom. The summed E-state index contributed by atoms with van der Waals surface area (Å²) in [4.78, 5) is 38.6. The standard InChI is InChI=1S/C24H29FN4O3/c1-15-19-12-20(30)29(13-16-7-5-9-18(25)11-16)22(19)27-21(26-15)17-8-6-10-28(14-17)23(31)24(2,3)32-4/h5,7,9,11,17H,6,8,10,12-14H2,1-4H3. The third-order valence-corrected chi connectivity index (χ3v) is 6.42. The van der Waals surface area contributed by atoms with Crippen molar-refractivity contribution in [2.75, 3.05) is 25.1 Å². The highest BCUT2D eigenvalue weighted by Crippen LogP contribution is 2.34. The maximum absolute atomic E-state index is 13.6. The Morgan fingerprint density at radius 2 is 2.09 bits per heavy atom. The Bertz CT molecular complexity index is 1060. The van der Waals surface area contributed by atoms with E-state index in [-0.39, 0.29) is 36.5 Å². The van der Waals surface area contributed by atoms with Gasteiger partial charge in [-0.2, -0.15) is 0 Å². The lowest BCUT2D eigenvalue weighted by Crippen LogP contribution is -2.49. The fourth-order valence-corrected chi connectivity index (χ4v) is 4.40. The van der Waals surface area contributed by atoms with E-state index < -0.39 is 5.60 Å². The maximum Gasteiger partial charge on any atom is 0.254 e. The number of ether oxygens (including phenoxy) is 1. The first kappa shape index (κ1) is 22.3. The molecule has 0 spiro atoms. The van der Waals surface area contributed by atoms with Crippen LogP contribution in [0.4, 0.5) is 10.2 Å². The Balaban J connectivity index is 1.61. The van der Waals surface area contributed by atoms with Gasteiger partial charge in [-0.25, -0.2) is 14.4 Å². The summed E-state index contributed by atoms with van der Waals surface area (Å²) in [5, 5.41) is 0. The first-order valence-electron chi connectivity index (χ1n) is 11.0. The van der Waals surface area contributed by atoms with Crippen LogP contribution in [-0.4, -0.2) is 52.5 Å². The lowest BCUT2D eigenvalue weighted by atomic mass is 9.95. The van der Waals surface area contributed by atoms with Gasteiger partial charge in [0, 0.05) is 37.4 Å². The highest BCUT2D eigenvalue weighted by molar-refractivity contribution is 6.00. The largest absolute Gasteiger partial charge is 0.369 e. The average molecular weight is 441 g/mol. The minimum absolute atomic E-state index is 0.0175. The van der Waals surface area contributed by atoms with Crippen LogP contribution in [0.2, 0.25) is 0 Å². The fourth-order valence-electron chi connectivity index (χ4n) is 4.40. The summed E-state index contributed by atoms with van der Waals surface area (Å²) in [6.45, 7) is 6.88. The SMILES string of the molecule is COC(C)(C)C(=O)N1CCCC(c2nc(C)c3c(n2)N(Cc2cccc(F)c2)C(=O)C3)C1. The number of fused-ring (bicyclic) bond motifs is 1. The molecule has 2 aromatic rings. The number of anilines is 1. The van der Waals surface area contributed by atoms with E-state index in [0.717, 1.165) is 24.1 Å². The maximum atomic E-state index is 13.6. The van der Waals surface area contributed by atoms with E-state index in [1.54, 1.807) is 30.9 Å². The first-order chi connectivity index (χ1) is 15.2. The Kier molecular flexibility index (Phi) is 5.99. The Morgan fingerprint density at radius 1 is 1.31 bits per heavy atom. The van der Waals surface area contributed by atoms with Crippen LogP contribution in [0.15, 0.2) is 24.3 Å². The molecule has 1 fully saturated rings.